The molecule has 0 radical (unpaired) electrons. The highest BCUT2D eigenvalue weighted by Gasteiger charge is 2.32. The number of nitrogens with zero attached hydrogens (tertiary/aromatic N) is 5. The molecule has 2 fully saturated rings. The molecule has 1 saturated heterocycles. The van der Waals surface area contributed by atoms with Gasteiger partial charge >= 0.3 is 5.97 Å². The quantitative estimate of drug-likeness (QED) is 0.778. The third-order valence-electron chi connectivity index (χ3n) is 4.98. The summed E-state index contributed by atoms with van der Waals surface area (Å²) >= 11 is 0. The summed E-state index contributed by atoms with van der Waals surface area (Å²) in [5, 5.41) is 8.49. The van der Waals surface area contributed by atoms with E-state index in [4.69, 9.17) is 4.74 Å². The van der Waals surface area contributed by atoms with Gasteiger partial charge in [0.2, 0.25) is 0 Å². The SMILES string of the molecule is CCOC(=O)c1cccnc1N1CCC(c2nncn2C2CC2)CC1. The Morgan fingerprint density at radius 3 is 2.80 bits per heavy atom. The van der Waals surface area contributed by atoms with E-state index < -0.39 is 0 Å². The van der Waals surface area contributed by atoms with E-state index in [0.29, 0.717) is 24.1 Å². The Labute approximate surface area is 147 Å². The van der Waals surface area contributed by atoms with Crippen LogP contribution in [0.3, 0.4) is 0 Å². The molecule has 7 nitrogen and oxygen atoms in total. The monoisotopic (exact) mass is 341 g/mol. The average Bonchev–Trinajstić information content (AvgIpc) is 3.39. The summed E-state index contributed by atoms with van der Waals surface area (Å²) in [6, 6.07) is 4.17. The molecule has 7 heteroatoms. The van der Waals surface area contributed by atoms with Crippen LogP contribution in [0.1, 0.15) is 60.7 Å². The lowest BCUT2D eigenvalue weighted by Crippen LogP contribution is -2.35. The van der Waals surface area contributed by atoms with Crippen LogP contribution in [0.2, 0.25) is 0 Å². The summed E-state index contributed by atoms with van der Waals surface area (Å²) in [4.78, 5) is 18.8. The zero-order valence-corrected chi connectivity index (χ0v) is 14.5. The van der Waals surface area contributed by atoms with Crippen molar-refractivity contribution < 1.29 is 9.53 Å². The number of pyridine rings is 1. The van der Waals surface area contributed by atoms with Crippen molar-refractivity contribution in [2.75, 3.05) is 24.6 Å². The maximum absolute atomic E-state index is 12.2. The predicted molar refractivity (Wildman–Crippen MR) is 92.7 cm³/mol. The molecule has 0 unspecified atom stereocenters. The number of aromatic nitrogens is 4. The van der Waals surface area contributed by atoms with Gasteiger partial charge in [0.15, 0.2) is 0 Å². The fourth-order valence-electron chi connectivity index (χ4n) is 3.54. The molecule has 0 aromatic carbocycles. The van der Waals surface area contributed by atoms with Crippen LogP contribution in [-0.2, 0) is 4.74 Å². The largest absolute Gasteiger partial charge is 0.462 e. The van der Waals surface area contributed by atoms with Gasteiger partial charge in [-0.05, 0) is 44.7 Å². The van der Waals surface area contributed by atoms with Gasteiger partial charge in [0.1, 0.15) is 23.5 Å². The molecule has 132 valence electrons. The van der Waals surface area contributed by atoms with Crippen molar-refractivity contribution >= 4 is 11.8 Å². The van der Waals surface area contributed by atoms with E-state index in [0.717, 1.165) is 37.6 Å². The topological polar surface area (TPSA) is 73.1 Å². The van der Waals surface area contributed by atoms with Crippen molar-refractivity contribution in [2.24, 2.45) is 0 Å². The van der Waals surface area contributed by atoms with E-state index in [1.165, 1.54) is 12.8 Å². The minimum absolute atomic E-state index is 0.304. The van der Waals surface area contributed by atoms with Gasteiger partial charge in [-0.2, -0.15) is 0 Å². The first-order chi connectivity index (χ1) is 12.3. The third-order valence-corrected chi connectivity index (χ3v) is 4.98. The van der Waals surface area contributed by atoms with Gasteiger partial charge in [-0.1, -0.05) is 0 Å². The third kappa shape index (κ3) is 3.23. The summed E-state index contributed by atoms with van der Waals surface area (Å²) < 4.78 is 7.42. The lowest BCUT2D eigenvalue weighted by Gasteiger charge is -2.33. The minimum Gasteiger partial charge on any atom is -0.462 e. The molecule has 0 atom stereocenters. The summed E-state index contributed by atoms with van der Waals surface area (Å²) in [6.07, 6.45) is 8.06. The Hall–Kier alpha value is -2.44. The van der Waals surface area contributed by atoms with E-state index in [-0.39, 0.29) is 5.97 Å². The van der Waals surface area contributed by atoms with Crippen molar-refractivity contribution in [1.29, 1.82) is 0 Å². The number of hydrogen-bond acceptors (Lipinski definition) is 6. The molecule has 0 N–H and O–H groups in total. The second-order valence-corrected chi connectivity index (χ2v) is 6.68. The van der Waals surface area contributed by atoms with Gasteiger partial charge in [-0.15, -0.1) is 10.2 Å². The lowest BCUT2D eigenvalue weighted by atomic mass is 9.95. The highest BCUT2D eigenvalue weighted by Crippen LogP contribution is 2.38. The highest BCUT2D eigenvalue weighted by molar-refractivity contribution is 5.94. The molecule has 1 aliphatic carbocycles. The number of esters is 1. The molecule has 1 aliphatic heterocycles. The Bertz CT molecular complexity index is 747. The average molecular weight is 341 g/mol. The van der Waals surface area contributed by atoms with E-state index >= 15 is 0 Å². The summed E-state index contributed by atoms with van der Waals surface area (Å²) in [6.45, 7) is 3.89. The van der Waals surface area contributed by atoms with Gasteiger partial charge < -0.3 is 14.2 Å². The summed E-state index contributed by atoms with van der Waals surface area (Å²) in [7, 11) is 0. The summed E-state index contributed by atoms with van der Waals surface area (Å²) in [5.41, 5.74) is 0.545. The van der Waals surface area contributed by atoms with Crippen molar-refractivity contribution in [3.05, 3.63) is 36.0 Å². The summed E-state index contributed by atoms with van der Waals surface area (Å²) in [5.74, 6) is 1.96. The van der Waals surface area contributed by atoms with Crippen LogP contribution in [0.5, 0.6) is 0 Å². The van der Waals surface area contributed by atoms with Crippen LogP contribution in [0.25, 0.3) is 0 Å². The van der Waals surface area contributed by atoms with E-state index in [2.05, 4.69) is 24.6 Å². The second kappa shape index (κ2) is 6.82. The molecule has 4 rings (SSSR count). The van der Waals surface area contributed by atoms with E-state index in [1.807, 2.05) is 13.3 Å². The standard InChI is InChI=1S/C18H23N5O2/c1-2-25-18(24)15-4-3-9-19-17(15)22-10-7-13(8-11-22)16-21-20-12-23(16)14-5-6-14/h3-4,9,12-14H,2,5-8,10-11H2,1H3. The molecule has 25 heavy (non-hydrogen) atoms. The number of hydrogen-bond donors (Lipinski definition) is 0. The van der Waals surface area contributed by atoms with Crippen LogP contribution in [0, 0.1) is 0 Å². The predicted octanol–water partition coefficient (Wildman–Crippen LogP) is 2.57. The number of piperidine rings is 1. The Kier molecular flexibility index (Phi) is 4.38. The van der Waals surface area contributed by atoms with Crippen molar-refractivity contribution in [3.63, 3.8) is 0 Å². The number of rotatable bonds is 5. The second-order valence-electron chi connectivity index (χ2n) is 6.68. The molecule has 0 bridgehead atoms. The maximum Gasteiger partial charge on any atom is 0.341 e. The molecule has 0 amide bonds. The Balaban J connectivity index is 1.47. The number of ether oxygens (including phenoxy) is 1. The lowest BCUT2D eigenvalue weighted by molar-refractivity contribution is 0.0526. The minimum atomic E-state index is -0.304. The number of anilines is 1. The highest BCUT2D eigenvalue weighted by atomic mass is 16.5. The zero-order valence-electron chi connectivity index (χ0n) is 14.5. The van der Waals surface area contributed by atoms with Crippen LogP contribution >= 0.6 is 0 Å². The molecular formula is C18H23N5O2. The molecule has 0 spiro atoms. The molecular weight excluding hydrogens is 318 g/mol. The van der Waals surface area contributed by atoms with E-state index in [9.17, 15) is 4.79 Å². The van der Waals surface area contributed by atoms with E-state index in [1.54, 1.807) is 18.3 Å². The first kappa shape index (κ1) is 16.1. The fourth-order valence-corrected chi connectivity index (χ4v) is 3.54. The number of carbonyl (C=O) groups excluding carboxylic acids is 1. The smallest absolute Gasteiger partial charge is 0.341 e. The van der Waals surface area contributed by atoms with Gasteiger partial charge in [0.25, 0.3) is 0 Å². The molecule has 2 aliphatic rings. The maximum atomic E-state index is 12.2. The van der Waals surface area contributed by atoms with Gasteiger partial charge in [-0.3, -0.25) is 0 Å². The Morgan fingerprint density at radius 2 is 2.08 bits per heavy atom. The van der Waals surface area contributed by atoms with Crippen molar-refractivity contribution in [1.82, 2.24) is 19.7 Å². The molecule has 2 aromatic rings. The van der Waals surface area contributed by atoms with Crippen LogP contribution in [0.4, 0.5) is 5.82 Å². The number of carbonyl (C=O) groups is 1. The zero-order chi connectivity index (χ0) is 17.2. The fraction of sp³-hybridized carbons (Fsp3) is 0.556. The molecule has 3 heterocycles. The molecule has 2 aromatic heterocycles. The first-order valence-electron chi connectivity index (χ1n) is 9.04. The Morgan fingerprint density at radius 1 is 1.28 bits per heavy atom. The van der Waals surface area contributed by atoms with Crippen LogP contribution < -0.4 is 4.90 Å². The van der Waals surface area contributed by atoms with Crippen LogP contribution in [-0.4, -0.2) is 45.4 Å². The first-order valence-corrected chi connectivity index (χ1v) is 9.04. The van der Waals surface area contributed by atoms with Crippen molar-refractivity contribution in [2.45, 2.75) is 44.6 Å². The molecule has 1 saturated carbocycles. The van der Waals surface area contributed by atoms with Gasteiger partial charge in [0, 0.05) is 31.2 Å². The van der Waals surface area contributed by atoms with Crippen molar-refractivity contribution in [3.8, 4) is 0 Å². The van der Waals surface area contributed by atoms with Crippen LogP contribution in [0.15, 0.2) is 24.7 Å². The van der Waals surface area contributed by atoms with Gasteiger partial charge in [0.05, 0.1) is 6.61 Å². The normalized spacial score (nSPS) is 18.4. The van der Waals surface area contributed by atoms with Gasteiger partial charge in [-0.25, -0.2) is 9.78 Å².